The van der Waals surface area contributed by atoms with Crippen LogP contribution in [-0.2, 0) is 11.3 Å². The quantitative estimate of drug-likeness (QED) is 0.598. The van der Waals surface area contributed by atoms with Crippen molar-refractivity contribution in [3.8, 4) is 0 Å². The van der Waals surface area contributed by atoms with Crippen molar-refractivity contribution in [2.45, 2.75) is 18.5 Å². The van der Waals surface area contributed by atoms with Crippen LogP contribution in [0.3, 0.4) is 0 Å². The summed E-state index contributed by atoms with van der Waals surface area (Å²) in [5, 5.41) is 5.28. The van der Waals surface area contributed by atoms with Crippen LogP contribution in [0, 0.1) is 0 Å². The molecule has 0 aromatic carbocycles. The second-order valence-corrected chi connectivity index (χ2v) is 9.84. The monoisotopic (exact) mass is 335 g/mol. The van der Waals surface area contributed by atoms with Crippen LogP contribution >= 0.6 is 10.0 Å². The van der Waals surface area contributed by atoms with Crippen molar-refractivity contribution >= 4 is 21.8 Å². The number of esters is 1. The fourth-order valence-electron chi connectivity index (χ4n) is 1.94. The number of ether oxygens (including phenoxy) is 1. The Balaban J connectivity index is 2.34. The molecule has 2 aromatic rings. The number of hydrogen-bond acceptors (Lipinski definition) is 5. The highest BCUT2D eigenvalue weighted by molar-refractivity contribution is 8.32. The lowest BCUT2D eigenvalue weighted by Gasteiger charge is -2.21. The van der Waals surface area contributed by atoms with Crippen LogP contribution in [0.4, 0.5) is 0 Å². The Hall–Kier alpha value is -2.15. The van der Waals surface area contributed by atoms with Crippen LogP contribution in [0.5, 0.6) is 0 Å². The molecule has 0 fully saturated rings. The molecule has 0 N–H and O–H groups in total. The van der Waals surface area contributed by atoms with Crippen LogP contribution in [0.15, 0.2) is 35.6 Å². The standard InChI is InChI=1S/C16H21N3O3S/c1-5-22-16(21)13-9-15(23(2,3)4)18-19(13)11-14(20)12-7-6-8-17-10-12/h6-10H,5,11H2,1-4H3. The van der Waals surface area contributed by atoms with Crippen LogP contribution in [-0.4, -0.2) is 51.9 Å². The van der Waals surface area contributed by atoms with E-state index in [1.165, 1.54) is 10.9 Å². The van der Waals surface area contributed by atoms with Gasteiger partial charge in [0.05, 0.1) is 6.61 Å². The van der Waals surface area contributed by atoms with Gasteiger partial charge in [0.25, 0.3) is 0 Å². The molecule has 0 aliphatic carbocycles. The van der Waals surface area contributed by atoms with Crippen LogP contribution in [0.2, 0.25) is 0 Å². The summed E-state index contributed by atoms with van der Waals surface area (Å²) in [5.74, 6) is -0.615. The highest BCUT2D eigenvalue weighted by Gasteiger charge is 2.22. The van der Waals surface area contributed by atoms with Crippen molar-refractivity contribution in [2.24, 2.45) is 0 Å². The van der Waals surface area contributed by atoms with Gasteiger partial charge >= 0.3 is 5.97 Å². The second-order valence-electron chi connectivity index (χ2n) is 5.75. The van der Waals surface area contributed by atoms with Crippen molar-refractivity contribution in [3.05, 3.63) is 41.9 Å². The SMILES string of the molecule is CCOC(=O)c1cc(S(C)(C)C)nn1CC(=O)c1cccnc1. The van der Waals surface area contributed by atoms with Gasteiger partial charge in [0.2, 0.25) is 0 Å². The third kappa shape index (κ3) is 4.19. The third-order valence-electron chi connectivity index (χ3n) is 3.15. The summed E-state index contributed by atoms with van der Waals surface area (Å²) in [4.78, 5) is 28.4. The Morgan fingerprint density at radius 3 is 2.61 bits per heavy atom. The zero-order chi connectivity index (χ0) is 17.0. The summed E-state index contributed by atoms with van der Waals surface area (Å²) in [6.45, 7) is 2.00. The highest BCUT2D eigenvalue weighted by atomic mass is 32.3. The first-order valence-electron chi connectivity index (χ1n) is 7.19. The molecule has 0 aliphatic rings. The molecular weight excluding hydrogens is 314 g/mol. The van der Waals surface area contributed by atoms with E-state index in [9.17, 15) is 9.59 Å². The van der Waals surface area contributed by atoms with E-state index in [0.29, 0.717) is 11.3 Å². The molecule has 0 saturated heterocycles. The summed E-state index contributed by atoms with van der Waals surface area (Å²) in [6.07, 6.45) is 9.36. The predicted molar refractivity (Wildman–Crippen MR) is 90.4 cm³/mol. The van der Waals surface area contributed by atoms with Crippen molar-refractivity contribution in [3.63, 3.8) is 0 Å². The minimum atomic E-state index is -1.12. The molecule has 0 bridgehead atoms. The number of pyridine rings is 1. The van der Waals surface area contributed by atoms with Crippen molar-refractivity contribution in [1.29, 1.82) is 0 Å². The molecule has 23 heavy (non-hydrogen) atoms. The van der Waals surface area contributed by atoms with Gasteiger partial charge in [-0.1, -0.05) is 0 Å². The fraction of sp³-hybridized carbons (Fsp3) is 0.375. The van der Waals surface area contributed by atoms with E-state index in [1.54, 1.807) is 31.3 Å². The first kappa shape index (κ1) is 17.2. The molecule has 124 valence electrons. The topological polar surface area (TPSA) is 74.1 Å². The van der Waals surface area contributed by atoms with E-state index in [2.05, 4.69) is 28.8 Å². The molecule has 0 atom stereocenters. The lowest BCUT2D eigenvalue weighted by atomic mass is 10.2. The molecule has 0 aliphatic heterocycles. The first-order chi connectivity index (χ1) is 10.8. The average Bonchev–Trinajstić information content (AvgIpc) is 2.92. The Bertz CT molecular complexity index is 705. The zero-order valence-electron chi connectivity index (χ0n) is 13.8. The number of rotatable bonds is 6. The van der Waals surface area contributed by atoms with Crippen LogP contribution < -0.4 is 0 Å². The number of aromatic nitrogens is 3. The van der Waals surface area contributed by atoms with Gasteiger partial charge < -0.3 is 4.74 Å². The van der Waals surface area contributed by atoms with Gasteiger partial charge in [-0.25, -0.2) is 19.5 Å². The first-order valence-corrected chi connectivity index (χ1v) is 10.0. The maximum Gasteiger partial charge on any atom is 0.356 e. The van der Waals surface area contributed by atoms with Crippen molar-refractivity contribution in [1.82, 2.24) is 14.8 Å². The van der Waals surface area contributed by atoms with Crippen LogP contribution in [0.25, 0.3) is 0 Å². The van der Waals surface area contributed by atoms with E-state index in [-0.39, 0.29) is 18.9 Å². The summed E-state index contributed by atoms with van der Waals surface area (Å²) < 4.78 is 6.50. The molecule has 0 radical (unpaired) electrons. The van der Waals surface area contributed by atoms with E-state index >= 15 is 0 Å². The molecule has 0 spiro atoms. The number of nitrogens with zero attached hydrogens (tertiary/aromatic N) is 3. The maximum absolute atomic E-state index is 12.4. The van der Waals surface area contributed by atoms with Gasteiger partial charge in [0.1, 0.15) is 17.3 Å². The Labute approximate surface area is 137 Å². The Kier molecular flexibility index (Phi) is 5.20. The van der Waals surface area contributed by atoms with Gasteiger partial charge in [-0.05, 0) is 37.8 Å². The average molecular weight is 335 g/mol. The van der Waals surface area contributed by atoms with E-state index < -0.39 is 16.0 Å². The Morgan fingerprint density at radius 1 is 1.30 bits per heavy atom. The number of carbonyl (C=O) groups excluding carboxylic acids is 2. The zero-order valence-corrected chi connectivity index (χ0v) is 14.6. The molecule has 0 saturated carbocycles. The highest BCUT2D eigenvalue weighted by Crippen LogP contribution is 2.44. The molecule has 7 heteroatoms. The lowest BCUT2D eigenvalue weighted by Crippen LogP contribution is -2.18. The smallest absolute Gasteiger partial charge is 0.356 e. The summed E-state index contributed by atoms with van der Waals surface area (Å²) in [5.41, 5.74) is 0.795. The predicted octanol–water partition coefficient (Wildman–Crippen LogP) is 2.39. The van der Waals surface area contributed by atoms with E-state index in [4.69, 9.17) is 4.74 Å². The van der Waals surface area contributed by atoms with Crippen molar-refractivity contribution in [2.75, 3.05) is 25.4 Å². The number of ketones is 1. The van der Waals surface area contributed by atoms with Gasteiger partial charge in [-0.3, -0.25) is 9.78 Å². The third-order valence-corrected chi connectivity index (χ3v) is 4.60. The van der Waals surface area contributed by atoms with Gasteiger partial charge in [0, 0.05) is 24.0 Å². The molecule has 2 rings (SSSR count). The summed E-state index contributed by atoms with van der Waals surface area (Å²) >= 11 is 0. The normalized spacial score (nSPS) is 12.0. The molecule has 0 amide bonds. The van der Waals surface area contributed by atoms with Crippen molar-refractivity contribution < 1.29 is 14.3 Å². The molecule has 0 unspecified atom stereocenters. The Morgan fingerprint density at radius 2 is 2.04 bits per heavy atom. The second kappa shape index (κ2) is 6.95. The fourth-order valence-corrected chi connectivity index (χ4v) is 2.75. The number of carbonyl (C=O) groups is 2. The van der Waals surface area contributed by atoms with Crippen LogP contribution in [0.1, 0.15) is 27.8 Å². The minimum absolute atomic E-state index is 0.0185. The lowest BCUT2D eigenvalue weighted by molar-refractivity contribution is 0.0512. The largest absolute Gasteiger partial charge is 0.461 e. The number of hydrogen-bond donors (Lipinski definition) is 0. The van der Waals surface area contributed by atoms with Gasteiger partial charge in [-0.2, -0.15) is 5.10 Å². The van der Waals surface area contributed by atoms with Gasteiger partial charge in [0.15, 0.2) is 5.78 Å². The van der Waals surface area contributed by atoms with E-state index in [0.717, 1.165) is 5.03 Å². The minimum Gasteiger partial charge on any atom is -0.461 e. The maximum atomic E-state index is 12.4. The van der Waals surface area contributed by atoms with Gasteiger partial charge in [-0.15, -0.1) is 0 Å². The molecule has 2 heterocycles. The molecule has 6 nitrogen and oxygen atoms in total. The number of Topliss-reactive ketones (excluding diaryl/α,β-unsaturated/α-hetero) is 1. The van der Waals surface area contributed by atoms with E-state index in [1.807, 2.05) is 0 Å². The summed E-state index contributed by atoms with van der Waals surface area (Å²) in [7, 11) is -1.12. The molecular formula is C16H21N3O3S. The molecule has 2 aromatic heterocycles. The summed E-state index contributed by atoms with van der Waals surface area (Å²) in [6, 6.07) is 5.12.